The minimum Gasteiger partial charge on any atom is -0.354 e. The molecule has 0 aromatic carbocycles. The van der Waals surface area contributed by atoms with E-state index in [9.17, 15) is 0 Å². The van der Waals surface area contributed by atoms with Crippen molar-refractivity contribution in [2.45, 2.75) is 19.4 Å². The molecule has 1 aliphatic rings. The van der Waals surface area contributed by atoms with Crippen molar-refractivity contribution in [1.82, 2.24) is 20.3 Å². The molecule has 19 heavy (non-hydrogen) atoms. The Hall–Kier alpha value is -1.33. The Morgan fingerprint density at radius 3 is 3.00 bits per heavy atom. The molecule has 2 atom stereocenters. The molecule has 6 heteroatoms. The van der Waals surface area contributed by atoms with Gasteiger partial charge in [0, 0.05) is 25.8 Å². The molecule has 2 aromatic rings. The summed E-state index contributed by atoms with van der Waals surface area (Å²) >= 11 is 0. The fourth-order valence-corrected chi connectivity index (χ4v) is 2.79. The predicted molar refractivity (Wildman–Crippen MR) is 80.0 cm³/mol. The summed E-state index contributed by atoms with van der Waals surface area (Å²) in [6.07, 6.45) is 4.77. The van der Waals surface area contributed by atoms with Crippen LogP contribution in [0, 0.1) is 5.92 Å². The van der Waals surface area contributed by atoms with Crippen LogP contribution in [0.1, 0.15) is 13.3 Å². The second-order valence-corrected chi connectivity index (χ2v) is 5.09. The molecular formula is C13H20ClN5. The van der Waals surface area contributed by atoms with E-state index in [1.54, 1.807) is 6.33 Å². The molecule has 3 heterocycles. The van der Waals surface area contributed by atoms with Gasteiger partial charge in [0.15, 0.2) is 0 Å². The highest BCUT2D eigenvalue weighted by Crippen LogP contribution is 2.26. The number of hydrogen-bond acceptors (Lipinski definition) is 4. The maximum absolute atomic E-state index is 4.46. The molecule has 0 bridgehead atoms. The lowest BCUT2D eigenvalue weighted by Crippen LogP contribution is -2.49. The van der Waals surface area contributed by atoms with Gasteiger partial charge in [-0.3, -0.25) is 0 Å². The van der Waals surface area contributed by atoms with Crippen LogP contribution < -0.4 is 10.2 Å². The fraction of sp³-hybridized carbons (Fsp3) is 0.538. The molecule has 3 rings (SSSR count). The van der Waals surface area contributed by atoms with Crippen molar-refractivity contribution in [3.8, 4) is 0 Å². The van der Waals surface area contributed by atoms with Crippen molar-refractivity contribution in [1.29, 1.82) is 0 Å². The minimum absolute atomic E-state index is 0. The molecule has 1 saturated heterocycles. The normalized spacial score (nSPS) is 23.1. The van der Waals surface area contributed by atoms with Crippen molar-refractivity contribution < 1.29 is 0 Å². The number of halogens is 1. The largest absolute Gasteiger partial charge is 0.354 e. The SMILES string of the molecule is C[C@H]1CCNC[C@@H]1N(C)c1ncnc2[nH]ccc12.Cl. The first kappa shape index (κ1) is 14.1. The van der Waals surface area contributed by atoms with Gasteiger partial charge in [-0.1, -0.05) is 6.92 Å². The first-order valence-corrected chi connectivity index (χ1v) is 6.49. The second-order valence-electron chi connectivity index (χ2n) is 5.09. The molecule has 0 spiro atoms. The maximum Gasteiger partial charge on any atom is 0.142 e. The number of likely N-dealkylation sites (N-methyl/N-ethyl adjacent to an activating group) is 1. The topological polar surface area (TPSA) is 56.8 Å². The smallest absolute Gasteiger partial charge is 0.142 e. The van der Waals surface area contributed by atoms with E-state index in [1.165, 1.54) is 6.42 Å². The number of nitrogens with one attached hydrogen (secondary N) is 2. The summed E-state index contributed by atoms with van der Waals surface area (Å²) in [6, 6.07) is 2.54. The van der Waals surface area contributed by atoms with E-state index in [0.717, 1.165) is 29.9 Å². The van der Waals surface area contributed by atoms with Crippen LogP contribution in [-0.2, 0) is 0 Å². The number of nitrogens with zero attached hydrogens (tertiary/aromatic N) is 3. The lowest BCUT2D eigenvalue weighted by atomic mass is 9.93. The number of aromatic amines is 1. The molecule has 0 aliphatic carbocycles. The van der Waals surface area contributed by atoms with Crippen molar-refractivity contribution >= 4 is 29.3 Å². The van der Waals surface area contributed by atoms with E-state index in [1.807, 2.05) is 12.3 Å². The molecule has 0 radical (unpaired) electrons. The van der Waals surface area contributed by atoms with Gasteiger partial charge in [0.25, 0.3) is 0 Å². The van der Waals surface area contributed by atoms with Crippen LogP contribution in [0.25, 0.3) is 11.0 Å². The molecule has 104 valence electrons. The third-order valence-electron chi connectivity index (χ3n) is 3.95. The third-order valence-corrected chi connectivity index (χ3v) is 3.95. The van der Waals surface area contributed by atoms with Crippen LogP contribution in [0.4, 0.5) is 5.82 Å². The highest BCUT2D eigenvalue weighted by Gasteiger charge is 2.26. The van der Waals surface area contributed by atoms with Gasteiger partial charge in [-0.2, -0.15) is 0 Å². The first-order chi connectivity index (χ1) is 8.77. The number of fused-ring (bicyclic) bond motifs is 1. The Kier molecular flexibility index (Phi) is 4.27. The van der Waals surface area contributed by atoms with Crippen LogP contribution in [0.15, 0.2) is 18.6 Å². The summed E-state index contributed by atoms with van der Waals surface area (Å²) in [7, 11) is 2.13. The molecule has 0 saturated carbocycles. The zero-order valence-electron chi connectivity index (χ0n) is 11.3. The van der Waals surface area contributed by atoms with Gasteiger partial charge >= 0.3 is 0 Å². The number of hydrogen-bond donors (Lipinski definition) is 2. The lowest BCUT2D eigenvalue weighted by molar-refractivity contribution is 0.338. The number of anilines is 1. The number of rotatable bonds is 2. The maximum atomic E-state index is 4.46. The molecule has 2 aromatic heterocycles. The minimum atomic E-state index is 0. The predicted octanol–water partition coefficient (Wildman–Crippen LogP) is 1.81. The third kappa shape index (κ3) is 2.53. The standard InChI is InChI=1S/C13H19N5.ClH/c1-9-3-5-14-7-11(9)18(2)13-10-4-6-15-12(10)16-8-17-13;/h4,6,8-9,11,14H,3,5,7H2,1-2H3,(H,15,16,17);1H/t9-,11-;/m0./s1. The molecule has 5 nitrogen and oxygen atoms in total. The second kappa shape index (κ2) is 5.75. The average Bonchev–Trinajstić information content (AvgIpc) is 2.86. The molecule has 0 unspecified atom stereocenters. The fourth-order valence-electron chi connectivity index (χ4n) is 2.79. The van der Waals surface area contributed by atoms with E-state index >= 15 is 0 Å². The van der Waals surface area contributed by atoms with Crippen LogP contribution >= 0.6 is 12.4 Å². The van der Waals surface area contributed by atoms with Gasteiger partial charge < -0.3 is 15.2 Å². The summed E-state index contributed by atoms with van der Waals surface area (Å²) < 4.78 is 0. The Balaban J connectivity index is 0.00000133. The summed E-state index contributed by atoms with van der Waals surface area (Å²) in [5.74, 6) is 1.70. The summed E-state index contributed by atoms with van der Waals surface area (Å²) in [6.45, 7) is 4.46. The highest BCUT2D eigenvalue weighted by molar-refractivity contribution is 5.87. The summed E-state index contributed by atoms with van der Waals surface area (Å²) in [4.78, 5) is 14.1. The molecule has 0 amide bonds. The Bertz CT molecular complexity index is 541. The van der Waals surface area contributed by atoms with Gasteiger partial charge in [0.05, 0.1) is 5.39 Å². The number of piperidine rings is 1. The van der Waals surface area contributed by atoms with E-state index < -0.39 is 0 Å². The molecule has 1 fully saturated rings. The number of H-pyrrole nitrogens is 1. The van der Waals surface area contributed by atoms with Gasteiger partial charge in [-0.05, 0) is 24.9 Å². The van der Waals surface area contributed by atoms with Crippen molar-refractivity contribution in [3.63, 3.8) is 0 Å². The lowest BCUT2D eigenvalue weighted by Gasteiger charge is -2.37. The molecule has 2 N–H and O–H groups in total. The van der Waals surface area contributed by atoms with Gasteiger partial charge in [-0.15, -0.1) is 12.4 Å². The average molecular weight is 282 g/mol. The van der Waals surface area contributed by atoms with Crippen LogP contribution in [0.2, 0.25) is 0 Å². The molecular weight excluding hydrogens is 262 g/mol. The quantitative estimate of drug-likeness (QED) is 0.882. The van der Waals surface area contributed by atoms with Crippen LogP contribution in [0.3, 0.4) is 0 Å². The Labute approximate surface area is 119 Å². The molecule has 1 aliphatic heterocycles. The zero-order valence-corrected chi connectivity index (χ0v) is 12.1. The van der Waals surface area contributed by atoms with Gasteiger partial charge in [0.2, 0.25) is 0 Å². The van der Waals surface area contributed by atoms with Crippen LogP contribution in [0.5, 0.6) is 0 Å². The Morgan fingerprint density at radius 1 is 1.37 bits per heavy atom. The van der Waals surface area contributed by atoms with Crippen molar-refractivity contribution in [2.24, 2.45) is 5.92 Å². The van der Waals surface area contributed by atoms with Gasteiger partial charge in [-0.25, -0.2) is 9.97 Å². The first-order valence-electron chi connectivity index (χ1n) is 6.49. The van der Waals surface area contributed by atoms with Crippen LogP contribution in [-0.4, -0.2) is 41.1 Å². The van der Waals surface area contributed by atoms with Crippen molar-refractivity contribution in [3.05, 3.63) is 18.6 Å². The van der Waals surface area contributed by atoms with E-state index in [-0.39, 0.29) is 12.4 Å². The van der Waals surface area contributed by atoms with E-state index in [0.29, 0.717) is 12.0 Å². The summed E-state index contributed by atoms with van der Waals surface area (Å²) in [5, 5.41) is 4.56. The number of aromatic nitrogens is 3. The Morgan fingerprint density at radius 2 is 2.21 bits per heavy atom. The highest BCUT2D eigenvalue weighted by atomic mass is 35.5. The van der Waals surface area contributed by atoms with Gasteiger partial charge in [0.1, 0.15) is 17.8 Å². The van der Waals surface area contributed by atoms with E-state index in [2.05, 4.69) is 39.1 Å². The zero-order chi connectivity index (χ0) is 12.5. The van der Waals surface area contributed by atoms with Crippen molar-refractivity contribution in [2.75, 3.05) is 25.0 Å². The summed E-state index contributed by atoms with van der Waals surface area (Å²) in [5.41, 5.74) is 0.906. The monoisotopic (exact) mass is 281 g/mol. The van der Waals surface area contributed by atoms with E-state index in [4.69, 9.17) is 0 Å².